The van der Waals surface area contributed by atoms with E-state index in [9.17, 15) is 4.79 Å². The first-order chi connectivity index (χ1) is 6.72. The Morgan fingerprint density at radius 1 is 1.57 bits per heavy atom. The maximum atomic E-state index is 11.4. The molecule has 1 aliphatic carbocycles. The highest BCUT2D eigenvalue weighted by Crippen LogP contribution is 2.30. The molecule has 0 atom stereocenters. The molecule has 0 heterocycles. The number of nitrogens with two attached hydrogens (primary N) is 1. The first kappa shape index (κ1) is 11.5. The highest BCUT2D eigenvalue weighted by atomic mass is 16.5. The highest BCUT2D eigenvalue weighted by Gasteiger charge is 2.36. The van der Waals surface area contributed by atoms with Crippen LogP contribution in [0, 0.1) is 0 Å². The Hall–Kier alpha value is -0.610. The second-order valence-electron chi connectivity index (χ2n) is 3.83. The van der Waals surface area contributed by atoms with Crippen molar-refractivity contribution in [3.63, 3.8) is 0 Å². The second kappa shape index (κ2) is 5.32. The van der Waals surface area contributed by atoms with Crippen molar-refractivity contribution in [2.45, 2.75) is 38.1 Å². The normalized spacial score (nSPS) is 18.7. The maximum absolute atomic E-state index is 11.4. The van der Waals surface area contributed by atoms with Gasteiger partial charge in [-0.1, -0.05) is 0 Å². The molecule has 0 aromatic carbocycles. The fourth-order valence-electron chi connectivity index (χ4n) is 1.65. The van der Waals surface area contributed by atoms with Gasteiger partial charge in [0.2, 0.25) is 5.91 Å². The van der Waals surface area contributed by atoms with Crippen LogP contribution in [0.3, 0.4) is 0 Å². The third-order valence-electron chi connectivity index (χ3n) is 2.78. The third kappa shape index (κ3) is 2.96. The molecular weight excluding hydrogens is 180 g/mol. The van der Waals surface area contributed by atoms with Gasteiger partial charge in [0.1, 0.15) is 0 Å². The molecule has 1 fully saturated rings. The van der Waals surface area contributed by atoms with Gasteiger partial charge in [0.25, 0.3) is 0 Å². The molecule has 0 saturated heterocycles. The van der Waals surface area contributed by atoms with E-state index in [-0.39, 0.29) is 11.4 Å². The van der Waals surface area contributed by atoms with E-state index in [4.69, 9.17) is 10.5 Å². The summed E-state index contributed by atoms with van der Waals surface area (Å²) >= 11 is 0. The van der Waals surface area contributed by atoms with E-state index in [2.05, 4.69) is 5.32 Å². The van der Waals surface area contributed by atoms with Gasteiger partial charge in [0, 0.05) is 19.6 Å². The lowest BCUT2D eigenvalue weighted by atomic mass is 9.77. The Morgan fingerprint density at radius 2 is 2.29 bits per heavy atom. The number of carbonyl (C=O) groups is 1. The van der Waals surface area contributed by atoms with Crippen LogP contribution in [0.2, 0.25) is 0 Å². The summed E-state index contributed by atoms with van der Waals surface area (Å²) in [6.45, 7) is 3.64. The zero-order valence-corrected chi connectivity index (χ0v) is 8.84. The smallest absolute Gasteiger partial charge is 0.222 e. The van der Waals surface area contributed by atoms with Gasteiger partial charge < -0.3 is 15.8 Å². The van der Waals surface area contributed by atoms with Gasteiger partial charge >= 0.3 is 0 Å². The van der Waals surface area contributed by atoms with Gasteiger partial charge in [0.05, 0.1) is 12.1 Å². The van der Waals surface area contributed by atoms with Crippen LogP contribution < -0.4 is 11.1 Å². The van der Waals surface area contributed by atoms with Crippen LogP contribution in [0.4, 0.5) is 0 Å². The van der Waals surface area contributed by atoms with Crippen LogP contribution in [0.15, 0.2) is 0 Å². The summed E-state index contributed by atoms with van der Waals surface area (Å²) in [7, 11) is 0. The number of amides is 1. The SMILES string of the molecule is CCOCCC(=O)NC1(CN)CCC1. The Balaban J connectivity index is 2.18. The molecule has 0 aromatic rings. The van der Waals surface area contributed by atoms with Gasteiger partial charge in [-0.25, -0.2) is 0 Å². The monoisotopic (exact) mass is 200 g/mol. The number of ether oxygens (including phenoxy) is 1. The molecule has 0 aromatic heterocycles. The molecule has 1 aliphatic rings. The Morgan fingerprint density at radius 3 is 2.71 bits per heavy atom. The van der Waals surface area contributed by atoms with E-state index < -0.39 is 0 Å². The topological polar surface area (TPSA) is 64.3 Å². The van der Waals surface area contributed by atoms with E-state index >= 15 is 0 Å². The lowest BCUT2D eigenvalue weighted by Crippen LogP contribution is -2.58. The van der Waals surface area contributed by atoms with Crippen LogP contribution >= 0.6 is 0 Å². The van der Waals surface area contributed by atoms with Crippen molar-refractivity contribution in [1.29, 1.82) is 0 Å². The Bertz CT molecular complexity index is 185. The van der Waals surface area contributed by atoms with Gasteiger partial charge in [-0.15, -0.1) is 0 Å². The molecule has 0 aliphatic heterocycles. The molecule has 4 nitrogen and oxygen atoms in total. The third-order valence-corrected chi connectivity index (χ3v) is 2.78. The summed E-state index contributed by atoms with van der Waals surface area (Å²) in [6.07, 6.45) is 3.65. The molecule has 1 rings (SSSR count). The number of hydrogen-bond acceptors (Lipinski definition) is 3. The largest absolute Gasteiger partial charge is 0.381 e. The first-order valence-corrected chi connectivity index (χ1v) is 5.31. The van der Waals surface area contributed by atoms with Crippen molar-refractivity contribution in [2.75, 3.05) is 19.8 Å². The molecule has 82 valence electrons. The molecule has 0 bridgehead atoms. The van der Waals surface area contributed by atoms with E-state index in [1.165, 1.54) is 6.42 Å². The van der Waals surface area contributed by atoms with Crippen LogP contribution in [0.25, 0.3) is 0 Å². The second-order valence-corrected chi connectivity index (χ2v) is 3.83. The fraction of sp³-hybridized carbons (Fsp3) is 0.900. The Labute approximate surface area is 85.2 Å². The number of carbonyl (C=O) groups excluding carboxylic acids is 1. The highest BCUT2D eigenvalue weighted by molar-refractivity contribution is 5.77. The minimum absolute atomic E-state index is 0.0589. The van der Waals surface area contributed by atoms with Crippen molar-refractivity contribution in [3.05, 3.63) is 0 Å². The summed E-state index contributed by atoms with van der Waals surface area (Å²) in [5.41, 5.74) is 5.53. The molecule has 3 N–H and O–H groups in total. The molecule has 1 saturated carbocycles. The van der Waals surface area contributed by atoms with Crippen LogP contribution in [-0.4, -0.2) is 31.2 Å². The van der Waals surface area contributed by atoms with E-state index in [1.807, 2.05) is 6.92 Å². The standard InChI is InChI=1S/C10H20N2O2/c1-2-14-7-4-9(13)12-10(8-11)5-3-6-10/h2-8,11H2,1H3,(H,12,13). The number of nitrogens with one attached hydrogen (secondary N) is 1. The van der Waals surface area contributed by atoms with Gasteiger partial charge in [-0.05, 0) is 26.2 Å². The van der Waals surface area contributed by atoms with Crippen LogP contribution in [0.5, 0.6) is 0 Å². The van der Waals surface area contributed by atoms with E-state index in [0.29, 0.717) is 26.2 Å². The van der Waals surface area contributed by atoms with Crippen molar-refractivity contribution >= 4 is 5.91 Å². The Kier molecular flexibility index (Phi) is 4.35. The number of rotatable bonds is 6. The minimum Gasteiger partial charge on any atom is -0.381 e. The molecule has 14 heavy (non-hydrogen) atoms. The fourth-order valence-corrected chi connectivity index (χ4v) is 1.65. The van der Waals surface area contributed by atoms with E-state index in [0.717, 1.165) is 12.8 Å². The molecule has 1 amide bonds. The number of hydrogen-bond donors (Lipinski definition) is 2. The first-order valence-electron chi connectivity index (χ1n) is 5.31. The van der Waals surface area contributed by atoms with Crippen molar-refractivity contribution in [1.82, 2.24) is 5.32 Å². The summed E-state index contributed by atoms with van der Waals surface area (Å²) in [5.74, 6) is 0.0589. The predicted molar refractivity (Wildman–Crippen MR) is 54.9 cm³/mol. The molecule has 0 radical (unpaired) electrons. The van der Waals surface area contributed by atoms with E-state index in [1.54, 1.807) is 0 Å². The van der Waals surface area contributed by atoms with Crippen LogP contribution in [0.1, 0.15) is 32.6 Å². The zero-order chi connectivity index (χ0) is 10.4. The molecular formula is C10H20N2O2. The van der Waals surface area contributed by atoms with Crippen molar-refractivity contribution in [2.24, 2.45) is 5.73 Å². The van der Waals surface area contributed by atoms with Crippen molar-refractivity contribution in [3.8, 4) is 0 Å². The van der Waals surface area contributed by atoms with Crippen LogP contribution in [-0.2, 0) is 9.53 Å². The minimum atomic E-state index is -0.0940. The summed E-state index contributed by atoms with van der Waals surface area (Å²) < 4.78 is 5.11. The van der Waals surface area contributed by atoms with Gasteiger partial charge in [-0.3, -0.25) is 4.79 Å². The maximum Gasteiger partial charge on any atom is 0.222 e. The molecule has 4 heteroatoms. The predicted octanol–water partition coefficient (Wildman–Crippen LogP) is 0.411. The lowest BCUT2D eigenvalue weighted by Gasteiger charge is -2.41. The molecule has 0 spiro atoms. The zero-order valence-electron chi connectivity index (χ0n) is 8.84. The summed E-state index contributed by atoms with van der Waals surface area (Å²) in [4.78, 5) is 11.4. The lowest BCUT2D eigenvalue weighted by molar-refractivity contribution is -0.125. The molecule has 0 unspecified atom stereocenters. The average Bonchev–Trinajstić information content (AvgIpc) is 2.12. The van der Waals surface area contributed by atoms with Crippen molar-refractivity contribution < 1.29 is 9.53 Å². The van der Waals surface area contributed by atoms with Gasteiger partial charge in [0.15, 0.2) is 0 Å². The average molecular weight is 200 g/mol. The van der Waals surface area contributed by atoms with Gasteiger partial charge in [-0.2, -0.15) is 0 Å². The summed E-state index contributed by atoms with van der Waals surface area (Å²) in [5, 5.41) is 2.99. The quantitative estimate of drug-likeness (QED) is 0.610. The summed E-state index contributed by atoms with van der Waals surface area (Å²) in [6, 6.07) is 0.